The number of carbonyl (C=O) groups excluding carboxylic acids is 4. The minimum absolute atomic E-state index is 0.0972. The van der Waals surface area contributed by atoms with Crippen LogP contribution in [0.5, 0.6) is 0 Å². The van der Waals surface area contributed by atoms with Crippen LogP contribution in [-0.2, 0) is 41.8 Å². The first-order valence-electron chi connectivity index (χ1n) is 18.7. The van der Waals surface area contributed by atoms with Gasteiger partial charge in [-0.05, 0) is 75.9 Å². The molecular formula is C42H50FN5O7. The normalized spacial score (nSPS) is 19.8. The third kappa shape index (κ3) is 9.52. The zero-order chi connectivity index (χ0) is 39.3. The van der Waals surface area contributed by atoms with Gasteiger partial charge in [0.2, 0.25) is 11.8 Å². The Bertz CT molecular complexity index is 1970. The fraction of sp³-hybridized carbons (Fsp3) is 0.429. The first kappa shape index (κ1) is 39.4. The molecule has 3 amide bonds. The van der Waals surface area contributed by atoms with Crippen LogP contribution >= 0.6 is 0 Å². The van der Waals surface area contributed by atoms with E-state index < -0.39 is 47.8 Å². The van der Waals surface area contributed by atoms with Gasteiger partial charge in [-0.1, -0.05) is 60.7 Å². The lowest BCUT2D eigenvalue weighted by atomic mass is 9.91. The van der Waals surface area contributed by atoms with E-state index >= 15 is 0 Å². The van der Waals surface area contributed by atoms with Crippen LogP contribution in [0.15, 0.2) is 85.1 Å². The van der Waals surface area contributed by atoms with Crippen LogP contribution in [0.1, 0.15) is 63.6 Å². The van der Waals surface area contributed by atoms with E-state index in [1.165, 1.54) is 12.1 Å². The second-order valence-electron chi connectivity index (χ2n) is 15.3. The van der Waals surface area contributed by atoms with Crippen molar-refractivity contribution in [2.75, 3.05) is 19.6 Å². The summed E-state index contributed by atoms with van der Waals surface area (Å²) in [5.74, 6) is -2.11. The van der Waals surface area contributed by atoms with E-state index in [0.717, 1.165) is 22.1 Å². The van der Waals surface area contributed by atoms with Crippen molar-refractivity contribution in [1.29, 1.82) is 0 Å². The highest BCUT2D eigenvalue weighted by molar-refractivity contribution is 5.91. The molecule has 13 heteroatoms. The van der Waals surface area contributed by atoms with E-state index in [0.29, 0.717) is 18.5 Å². The van der Waals surface area contributed by atoms with Crippen LogP contribution in [0.3, 0.4) is 0 Å². The Balaban J connectivity index is 1.21. The summed E-state index contributed by atoms with van der Waals surface area (Å²) in [6.45, 7) is 9.54. The third-order valence-electron chi connectivity index (χ3n) is 10.2. The number of amides is 3. The maximum Gasteiger partial charge on any atom is 0.410 e. The SMILES string of the molecule is CC(NCC(=O)OCc1ccccc1)C(=O)NC(C(=O)N1CCC2C1C(c1c[nH]c3cc(F)ccc13)CN2C(=O)OCc1ccccc1)C(C)OC(C)(C)C. The van der Waals surface area contributed by atoms with E-state index in [1.807, 2.05) is 87.6 Å². The second kappa shape index (κ2) is 17.0. The monoisotopic (exact) mass is 755 g/mol. The van der Waals surface area contributed by atoms with Gasteiger partial charge in [0.25, 0.3) is 0 Å². The molecule has 55 heavy (non-hydrogen) atoms. The van der Waals surface area contributed by atoms with Gasteiger partial charge >= 0.3 is 12.1 Å². The number of benzene rings is 3. The van der Waals surface area contributed by atoms with Crippen LogP contribution in [0, 0.1) is 5.82 Å². The highest BCUT2D eigenvalue weighted by atomic mass is 19.1. The summed E-state index contributed by atoms with van der Waals surface area (Å²) in [5, 5.41) is 6.61. The van der Waals surface area contributed by atoms with Crippen LogP contribution in [0.2, 0.25) is 0 Å². The average Bonchev–Trinajstić information content (AvgIpc) is 3.88. The fourth-order valence-corrected chi connectivity index (χ4v) is 7.64. The number of carbonyl (C=O) groups is 4. The molecule has 0 saturated carbocycles. The Morgan fingerprint density at radius 3 is 2.22 bits per heavy atom. The Labute approximate surface area is 320 Å². The number of aromatic nitrogens is 1. The smallest absolute Gasteiger partial charge is 0.410 e. The molecule has 292 valence electrons. The van der Waals surface area contributed by atoms with Crippen molar-refractivity contribution in [2.45, 2.75) is 96.0 Å². The van der Waals surface area contributed by atoms with Crippen LogP contribution < -0.4 is 10.6 Å². The van der Waals surface area contributed by atoms with E-state index in [-0.39, 0.29) is 50.0 Å². The molecule has 2 fully saturated rings. The van der Waals surface area contributed by atoms with Crippen LogP contribution in [0.25, 0.3) is 10.9 Å². The summed E-state index contributed by atoms with van der Waals surface area (Å²) >= 11 is 0. The molecule has 0 aliphatic carbocycles. The maximum atomic E-state index is 14.8. The molecule has 3 heterocycles. The summed E-state index contributed by atoms with van der Waals surface area (Å²) in [7, 11) is 0. The zero-order valence-corrected chi connectivity index (χ0v) is 31.9. The van der Waals surface area contributed by atoms with Crippen molar-refractivity contribution >= 4 is 34.8 Å². The second-order valence-corrected chi connectivity index (χ2v) is 15.3. The van der Waals surface area contributed by atoms with Gasteiger partial charge in [-0.15, -0.1) is 0 Å². The van der Waals surface area contributed by atoms with Gasteiger partial charge in [0.15, 0.2) is 0 Å². The number of aromatic amines is 1. The van der Waals surface area contributed by atoms with Crippen molar-refractivity contribution in [3.05, 3.63) is 108 Å². The summed E-state index contributed by atoms with van der Waals surface area (Å²) in [4.78, 5) is 61.3. The van der Waals surface area contributed by atoms with Crippen molar-refractivity contribution in [3.8, 4) is 0 Å². The molecule has 4 aromatic rings. The summed E-state index contributed by atoms with van der Waals surface area (Å²) in [5.41, 5.74) is 2.51. The molecule has 1 aromatic heterocycles. The predicted octanol–water partition coefficient (Wildman–Crippen LogP) is 5.42. The first-order chi connectivity index (χ1) is 26.3. The molecule has 6 atom stereocenters. The number of hydrogen-bond donors (Lipinski definition) is 3. The quantitative estimate of drug-likeness (QED) is 0.154. The Morgan fingerprint density at radius 2 is 1.56 bits per heavy atom. The number of nitrogens with one attached hydrogen (secondary N) is 3. The molecule has 0 spiro atoms. The third-order valence-corrected chi connectivity index (χ3v) is 10.2. The molecule has 2 aliphatic rings. The Hall–Kier alpha value is -5.27. The minimum atomic E-state index is -1.10. The molecule has 2 aliphatic heterocycles. The number of H-pyrrole nitrogens is 1. The minimum Gasteiger partial charge on any atom is -0.460 e. The first-order valence-corrected chi connectivity index (χ1v) is 18.7. The Kier molecular flexibility index (Phi) is 12.2. The average molecular weight is 756 g/mol. The van der Waals surface area contributed by atoms with Gasteiger partial charge in [0.1, 0.15) is 25.1 Å². The van der Waals surface area contributed by atoms with Gasteiger partial charge in [-0.3, -0.25) is 19.7 Å². The molecule has 6 unspecified atom stereocenters. The van der Waals surface area contributed by atoms with Crippen molar-refractivity contribution < 1.29 is 37.8 Å². The zero-order valence-electron chi connectivity index (χ0n) is 31.9. The number of esters is 1. The molecule has 0 radical (unpaired) electrons. The number of hydrogen-bond acceptors (Lipinski definition) is 8. The maximum absolute atomic E-state index is 14.8. The van der Waals surface area contributed by atoms with E-state index in [1.54, 1.807) is 29.7 Å². The molecule has 2 saturated heterocycles. The van der Waals surface area contributed by atoms with Crippen LogP contribution in [-0.4, -0.2) is 94.2 Å². The summed E-state index contributed by atoms with van der Waals surface area (Å²) in [6, 6.07) is 20.4. The van der Waals surface area contributed by atoms with Crippen LogP contribution in [0.4, 0.5) is 9.18 Å². The number of nitrogens with zero attached hydrogens (tertiary/aromatic N) is 2. The molecule has 3 aromatic carbocycles. The highest BCUT2D eigenvalue weighted by Crippen LogP contribution is 2.44. The lowest BCUT2D eigenvalue weighted by Gasteiger charge is -2.36. The Morgan fingerprint density at radius 1 is 0.909 bits per heavy atom. The number of fused-ring (bicyclic) bond motifs is 2. The molecule has 3 N–H and O–H groups in total. The lowest BCUT2D eigenvalue weighted by Crippen LogP contribution is -2.59. The lowest BCUT2D eigenvalue weighted by molar-refractivity contribution is -0.147. The largest absolute Gasteiger partial charge is 0.460 e. The number of ether oxygens (including phenoxy) is 3. The topological polar surface area (TPSA) is 142 Å². The molecular weight excluding hydrogens is 705 g/mol. The number of halogens is 1. The van der Waals surface area contributed by atoms with Gasteiger partial charge in [-0.2, -0.15) is 0 Å². The predicted molar refractivity (Wildman–Crippen MR) is 204 cm³/mol. The molecule has 6 rings (SSSR count). The van der Waals surface area contributed by atoms with E-state index in [2.05, 4.69) is 15.6 Å². The standard InChI is InChI=1S/C42H50FN5O7/c1-26(44-22-36(49)53-24-28-12-8-6-9-13-28)39(50)46-37(27(2)55-42(3,4)5)40(51)47-19-18-35-38(47)33(32-21-45-34-20-30(43)16-17-31(32)34)23-48(35)41(52)54-25-29-14-10-7-11-15-29/h6-17,20-21,26-27,33,35,37-38,44-45H,18-19,22-25H2,1-5H3,(H,46,50). The molecule has 0 bridgehead atoms. The van der Waals surface area contributed by atoms with Gasteiger partial charge < -0.3 is 34.3 Å². The number of likely N-dealkylation sites (tertiary alicyclic amines) is 2. The van der Waals surface area contributed by atoms with Crippen molar-refractivity contribution in [1.82, 2.24) is 25.4 Å². The molecule has 12 nitrogen and oxygen atoms in total. The number of rotatable bonds is 13. The van der Waals surface area contributed by atoms with E-state index in [9.17, 15) is 23.6 Å². The van der Waals surface area contributed by atoms with E-state index in [4.69, 9.17) is 14.2 Å². The highest BCUT2D eigenvalue weighted by Gasteiger charge is 2.54. The van der Waals surface area contributed by atoms with Gasteiger partial charge in [0.05, 0.1) is 36.4 Å². The summed E-state index contributed by atoms with van der Waals surface area (Å²) in [6.07, 6.45) is 1.07. The fourth-order valence-electron chi connectivity index (χ4n) is 7.64. The van der Waals surface area contributed by atoms with Gasteiger partial charge in [0, 0.05) is 36.1 Å². The van der Waals surface area contributed by atoms with Crippen molar-refractivity contribution in [2.24, 2.45) is 0 Å². The summed E-state index contributed by atoms with van der Waals surface area (Å²) < 4.78 is 31.6. The van der Waals surface area contributed by atoms with Crippen molar-refractivity contribution in [3.63, 3.8) is 0 Å². The van der Waals surface area contributed by atoms with Gasteiger partial charge in [-0.25, -0.2) is 9.18 Å².